The van der Waals surface area contributed by atoms with Crippen molar-refractivity contribution in [1.29, 1.82) is 0 Å². The minimum absolute atomic E-state index is 0.0573. The van der Waals surface area contributed by atoms with Gasteiger partial charge in [-0.1, -0.05) is 19.8 Å². The van der Waals surface area contributed by atoms with E-state index in [2.05, 4.69) is 17.6 Å². The summed E-state index contributed by atoms with van der Waals surface area (Å²) in [5.74, 6) is -0.681. The van der Waals surface area contributed by atoms with Crippen LogP contribution in [0.1, 0.15) is 55.8 Å². The minimum Gasteiger partial charge on any atom is -0.452 e. The smallest absolute Gasteiger partial charge is 0.338 e. The SMILES string of the molecule is C[C@H]1CCCC[C@@H]1NC(=O)COC(=O)c1ccc(NC2CC2)c([N+](=O)[O-])c1. The highest BCUT2D eigenvalue weighted by molar-refractivity contribution is 5.93. The van der Waals surface area contributed by atoms with Crippen molar-refractivity contribution in [3.8, 4) is 0 Å². The number of nitro benzene ring substituents is 1. The number of benzene rings is 1. The first-order chi connectivity index (χ1) is 12.9. The number of nitrogens with one attached hydrogen (secondary N) is 2. The van der Waals surface area contributed by atoms with Gasteiger partial charge in [-0.05, 0) is 43.7 Å². The van der Waals surface area contributed by atoms with Gasteiger partial charge in [0.05, 0.1) is 10.5 Å². The molecule has 3 rings (SSSR count). The van der Waals surface area contributed by atoms with Gasteiger partial charge in [0, 0.05) is 18.2 Å². The zero-order valence-corrected chi connectivity index (χ0v) is 15.4. The van der Waals surface area contributed by atoms with E-state index in [0.29, 0.717) is 11.6 Å². The Morgan fingerprint density at radius 2 is 1.96 bits per heavy atom. The lowest BCUT2D eigenvalue weighted by molar-refractivity contribution is -0.384. The van der Waals surface area contributed by atoms with Gasteiger partial charge < -0.3 is 15.4 Å². The summed E-state index contributed by atoms with van der Waals surface area (Å²) in [5.41, 5.74) is 0.279. The van der Waals surface area contributed by atoms with Gasteiger partial charge in [-0.15, -0.1) is 0 Å². The third-order valence-electron chi connectivity index (χ3n) is 5.16. The number of rotatable bonds is 7. The van der Waals surface area contributed by atoms with E-state index in [-0.39, 0.29) is 29.2 Å². The second kappa shape index (κ2) is 8.37. The molecule has 2 aliphatic carbocycles. The van der Waals surface area contributed by atoms with Crippen LogP contribution in [0.2, 0.25) is 0 Å². The Morgan fingerprint density at radius 1 is 1.22 bits per heavy atom. The zero-order valence-electron chi connectivity index (χ0n) is 15.4. The van der Waals surface area contributed by atoms with Crippen LogP contribution in [-0.2, 0) is 9.53 Å². The number of esters is 1. The molecule has 146 valence electrons. The first kappa shape index (κ1) is 19.1. The summed E-state index contributed by atoms with van der Waals surface area (Å²) in [6.07, 6.45) is 6.23. The van der Waals surface area contributed by atoms with E-state index in [1.165, 1.54) is 24.6 Å². The summed E-state index contributed by atoms with van der Waals surface area (Å²) in [6, 6.07) is 4.54. The van der Waals surface area contributed by atoms with Crippen LogP contribution in [0.3, 0.4) is 0 Å². The summed E-state index contributed by atoms with van der Waals surface area (Å²) in [7, 11) is 0. The van der Waals surface area contributed by atoms with Gasteiger partial charge in [0.15, 0.2) is 6.61 Å². The van der Waals surface area contributed by atoms with Crippen LogP contribution in [0, 0.1) is 16.0 Å². The van der Waals surface area contributed by atoms with Crippen molar-refractivity contribution < 1.29 is 19.2 Å². The van der Waals surface area contributed by atoms with E-state index in [1.54, 1.807) is 0 Å². The fraction of sp³-hybridized carbons (Fsp3) is 0.579. The molecule has 2 saturated carbocycles. The second-order valence-electron chi connectivity index (χ2n) is 7.42. The number of carbonyl (C=O) groups excluding carboxylic acids is 2. The molecule has 1 aromatic rings. The van der Waals surface area contributed by atoms with Crippen molar-refractivity contribution in [1.82, 2.24) is 5.32 Å². The summed E-state index contributed by atoms with van der Waals surface area (Å²) in [5, 5.41) is 17.2. The normalized spacial score (nSPS) is 22.0. The fourth-order valence-corrected chi connectivity index (χ4v) is 3.37. The summed E-state index contributed by atoms with van der Waals surface area (Å²) >= 11 is 0. The number of carbonyl (C=O) groups is 2. The third kappa shape index (κ3) is 5.18. The highest BCUT2D eigenvalue weighted by Gasteiger charge is 2.26. The molecular formula is C19H25N3O5. The molecule has 8 nitrogen and oxygen atoms in total. The zero-order chi connectivity index (χ0) is 19.4. The average molecular weight is 375 g/mol. The Hall–Kier alpha value is -2.64. The lowest BCUT2D eigenvalue weighted by Gasteiger charge is -2.29. The first-order valence-corrected chi connectivity index (χ1v) is 9.45. The van der Waals surface area contributed by atoms with Gasteiger partial charge in [0.2, 0.25) is 0 Å². The lowest BCUT2D eigenvalue weighted by Crippen LogP contribution is -2.42. The maximum atomic E-state index is 12.2. The molecule has 0 heterocycles. The molecule has 27 heavy (non-hydrogen) atoms. The van der Waals surface area contributed by atoms with Crippen molar-refractivity contribution in [2.45, 2.75) is 57.5 Å². The molecule has 0 saturated heterocycles. The van der Waals surface area contributed by atoms with Crippen LogP contribution >= 0.6 is 0 Å². The Morgan fingerprint density at radius 3 is 2.63 bits per heavy atom. The van der Waals surface area contributed by atoms with E-state index < -0.39 is 17.5 Å². The van der Waals surface area contributed by atoms with Crippen LogP contribution in [0.15, 0.2) is 18.2 Å². The van der Waals surface area contributed by atoms with Gasteiger partial charge in [-0.3, -0.25) is 14.9 Å². The van der Waals surface area contributed by atoms with Crippen LogP contribution in [0.4, 0.5) is 11.4 Å². The van der Waals surface area contributed by atoms with Gasteiger partial charge in [-0.2, -0.15) is 0 Å². The molecule has 2 atom stereocenters. The maximum absolute atomic E-state index is 12.2. The van der Waals surface area contributed by atoms with E-state index in [0.717, 1.165) is 32.1 Å². The molecule has 0 radical (unpaired) electrons. The summed E-state index contributed by atoms with van der Waals surface area (Å²) in [4.78, 5) is 35.0. The topological polar surface area (TPSA) is 111 Å². The quantitative estimate of drug-likeness (QED) is 0.430. The number of hydrogen-bond donors (Lipinski definition) is 2. The van der Waals surface area contributed by atoms with Gasteiger partial charge >= 0.3 is 5.97 Å². The number of anilines is 1. The van der Waals surface area contributed by atoms with E-state index >= 15 is 0 Å². The van der Waals surface area contributed by atoms with Crippen molar-refractivity contribution >= 4 is 23.3 Å². The summed E-state index contributed by atoms with van der Waals surface area (Å²) in [6.45, 7) is 1.71. The van der Waals surface area contributed by atoms with Gasteiger partial charge in [0.25, 0.3) is 11.6 Å². The molecule has 0 bridgehead atoms. The Bertz CT molecular complexity index is 732. The van der Waals surface area contributed by atoms with Gasteiger partial charge in [-0.25, -0.2) is 4.79 Å². The predicted molar refractivity (Wildman–Crippen MR) is 99.6 cm³/mol. The molecule has 0 unspecified atom stereocenters. The molecule has 2 N–H and O–H groups in total. The predicted octanol–water partition coefficient (Wildman–Crippen LogP) is 3.02. The van der Waals surface area contributed by atoms with E-state index in [4.69, 9.17) is 4.74 Å². The van der Waals surface area contributed by atoms with Gasteiger partial charge in [0.1, 0.15) is 5.69 Å². The largest absolute Gasteiger partial charge is 0.452 e. The van der Waals surface area contributed by atoms with E-state index in [9.17, 15) is 19.7 Å². The molecule has 0 spiro atoms. The monoisotopic (exact) mass is 375 g/mol. The molecule has 0 aromatic heterocycles. The number of amides is 1. The fourth-order valence-electron chi connectivity index (χ4n) is 3.37. The Balaban J connectivity index is 1.56. The second-order valence-corrected chi connectivity index (χ2v) is 7.42. The molecule has 1 aromatic carbocycles. The molecule has 1 amide bonds. The molecule has 2 fully saturated rings. The maximum Gasteiger partial charge on any atom is 0.338 e. The van der Waals surface area contributed by atoms with Crippen LogP contribution in [0.25, 0.3) is 0 Å². The minimum atomic E-state index is -0.747. The van der Waals surface area contributed by atoms with Crippen LogP contribution in [-0.4, -0.2) is 35.5 Å². The Labute approximate surface area is 157 Å². The Kier molecular flexibility index (Phi) is 5.93. The number of ether oxygens (including phenoxy) is 1. The number of hydrogen-bond acceptors (Lipinski definition) is 6. The number of nitro groups is 1. The molecular weight excluding hydrogens is 350 g/mol. The van der Waals surface area contributed by atoms with Crippen LogP contribution < -0.4 is 10.6 Å². The van der Waals surface area contributed by atoms with Crippen molar-refractivity contribution in [2.24, 2.45) is 5.92 Å². The molecule has 8 heteroatoms. The highest BCUT2D eigenvalue weighted by Crippen LogP contribution is 2.31. The molecule has 0 aliphatic heterocycles. The average Bonchev–Trinajstić information content (AvgIpc) is 3.46. The molecule has 2 aliphatic rings. The van der Waals surface area contributed by atoms with Crippen molar-refractivity contribution in [2.75, 3.05) is 11.9 Å². The van der Waals surface area contributed by atoms with Crippen molar-refractivity contribution in [3.63, 3.8) is 0 Å². The van der Waals surface area contributed by atoms with Crippen molar-refractivity contribution in [3.05, 3.63) is 33.9 Å². The summed E-state index contributed by atoms with van der Waals surface area (Å²) < 4.78 is 5.04. The number of nitrogens with zero attached hydrogens (tertiary/aromatic N) is 1. The first-order valence-electron chi connectivity index (χ1n) is 9.45. The third-order valence-corrected chi connectivity index (χ3v) is 5.16. The highest BCUT2D eigenvalue weighted by atomic mass is 16.6. The standard InChI is InChI=1S/C19H25N3O5/c1-12-4-2-3-5-15(12)21-18(23)11-27-19(24)13-6-9-16(20-14-7-8-14)17(10-13)22(25)26/h6,9-10,12,14-15,20H,2-5,7-8,11H2,1H3,(H,21,23)/t12-,15-/m0/s1. The lowest BCUT2D eigenvalue weighted by atomic mass is 9.86. The van der Waals surface area contributed by atoms with E-state index in [1.807, 2.05) is 0 Å². The van der Waals surface area contributed by atoms with Crippen LogP contribution in [0.5, 0.6) is 0 Å².